The van der Waals surface area contributed by atoms with Gasteiger partial charge in [0.15, 0.2) is 0 Å². The molecule has 0 spiro atoms. The number of hydrogen-bond donors (Lipinski definition) is 1. The summed E-state index contributed by atoms with van der Waals surface area (Å²) in [5.74, 6) is 4.45. The Morgan fingerprint density at radius 3 is 2.32 bits per heavy atom. The Hall–Kier alpha value is 0.599. The van der Waals surface area contributed by atoms with Crippen LogP contribution in [0.5, 0.6) is 0 Å². The average Bonchev–Trinajstić information content (AvgIpc) is 2.55. The monoisotopic (exact) mass is 462 g/mol. The van der Waals surface area contributed by atoms with Gasteiger partial charge >= 0.3 is 22.4 Å². The number of carbonyl (C=O) groups excluding carboxylic acids is 1. The summed E-state index contributed by atoms with van der Waals surface area (Å²) >= 11 is 16.9. The number of amides is 1. The first-order valence-corrected chi connectivity index (χ1v) is 10.1. The van der Waals surface area contributed by atoms with E-state index in [0.717, 1.165) is 47.4 Å². The second kappa shape index (κ2) is 19.6. The van der Waals surface area contributed by atoms with Gasteiger partial charge in [0.05, 0.1) is 0 Å². The molecule has 0 aromatic heterocycles. The summed E-state index contributed by atoms with van der Waals surface area (Å²) in [5.41, 5.74) is 0.786. The molecule has 0 bridgehead atoms. The van der Waals surface area contributed by atoms with Gasteiger partial charge in [-0.1, -0.05) is 6.08 Å². The number of thioether (sulfide) groups is 1. The van der Waals surface area contributed by atoms with Crippen molar-refractivity contribution < 1.29 is 27.2 Å². The molecular formula is C13H21N2O2S4Tc. The van der Waals surface area contributed by atoms with Crippen LogP contribution in [0.15, 0.2) is 24.0 Å². The molecular weight excluding hydrogens is 442 g/mol. The predicted octanol–water partition coefficient (Wildman–Crippen LogP) is 1.07. The van der Waals surface area contributed by atoms with E-state index in [0.29, 0.717) is 18.7 Å². The molecule has 1 aliphatic heterocycles. The third kappa shape index (κ3) is 15.5. The van der Waals surface area contributed by atoms with Crippen LogP contribution in [-0.4, -0.2) is 53.2 Å². The van der Waals surface area contributed by atoms with E-state index in [4.69, 9.17) is 41.4 Å². The number of nitrogens with one attached hydrogen (secondary N) is 1. The number of nitrogens with zero attached hydrogens (tertiary/aromatic N) is 1. The molecule has 1 amide bonds. The minimum Gasteiger partial charge on any atom is -0.792 e. The van der Waals surface area contributed by atoms with Crippen LogP contribution < -0.4 is 5.32 Å². The van der Waals surface area contributed by atoms with Crippen LogP contribution in [0.3, 0.4) is 0 Å². The van der Waals surface area contributed by atoms with Crippen molar-refractivity contribution in [1.82, 2.24) is 10.2 Å². The first-order valence-electron chi connectivity index (χ1n) is 6.50. The summed E-state index contributed by atoms with van der Waals surface area (Å²) in [7, 11) is 1.90. The summed E-state index contributed by atoms with van der Waals surface area (Å²) in [6, 6.07) is 0. The van der Waals surface area contributed by atoms with Gasteiger partial charge in [-0.3, -0.25) is 4.79 Å². The van der Waals surface area contributed by atoms with Crippen molar-refractivity contribution in [3.05, 3.63) is 24.0 Å². The van der Waals surface area contributed by atoms with Gasteiger partial charge in [0.25, 0.3) is 0 Å². The molecule has 0 unspecified atom stereocenters. The van der Waals surface area contributed by atoms with Crippen LogP contribution >= 0.6 is 11.8 Å². The maximum Gasteiger partial charge on any atom is -0.0287 e. The third-order valence-corrected chi connectivity index (χ3v) is 4.29. The van der Waals surface area contributed by atoms with Crippen molar-refractivity contribution in [2.24, 2.45) is 0 Å². The van der Waals surface area contributed by atoms with Crippen LogP contribution in [-0.2, 0) is 65.0 Å². The van der Waals surface area contributed by atoms with Gasteiger partial charge in [0.1, 0.15) is 0 Å². The molecule has 0 saturated carbocycles. The Kier molecular flexibility index (Phi) is 22.2. The zero-order valence-electron chi connectivity index (χ0n) is 12.5. The molecule has 0 aromatic rings. The number of carbonyl (C=O) groups is 1. The zero-order valence-corrected chi connectivity index (χ0v) is 17.6. The normalized spacial score (nSPS) is 12.3. The number of hydrogen-bond acceptors (Lipinski definition) is 7. The maximum absolute atomic E-state index is 11.4. The maximum atomic E-state index is 11.4. The SMILES string of the molecule is CN1C=CCC(C(=O)NCC[S-])=C1.[O]=[Tc+3].[S-]CCSCC[S-]. The quantitative estimate of drug-likeness (QED) is 0.448. The summed E-state index contributed by atoms with van der Waals surface area (Å²) in [6.07, 6.45) is 6.43. The topological polar surface area (TPSA) is 49.4 Å². The molecule has 1 heterocycles. The Labute approximate surface area is 165 Å². The molecule has 0 atom stereocenters. The Morgan fingerprint density at radius 2 is 1.86 bits per heavy atom. The van der Waals surface area contributed by atoms with E-state index in [1.165, 1.54) is 0 Å². The molecule has 22 heavy (non-hydrogen) atoms. The predicted molar refractivity (Wildman–Crippen MR) is 97.3 cm³/mol. The van der Waals surface area contributed by atoms with E-state index < -0.39 is 0 Å². The van der Waals surface area contributed by atoms with E-state index >= 15 is 0 Å². The fraction of sp³-hybridized carbons (Fsp3) is 0.615. The van der Waals surface area contributed by atoms with Crippen molar-refractivity contribution in [3.8, 4) is 0 Å². The summed E-state index contributed by atoms with van der Waals surface area (Å²) in [5, 5.41) is 2.75. The van der Waals surface area contributed by atoms with E-state index in [-0.39, 0.29) is 5.91 Å². The summed E-state index contributed by atoms with van der Waals surface area (Å²) < 4.78 is 8.22. The molecule has 1 aliphatic rings. The fourth-order valence-electron chi connectivity index (χ4n) is 1.34. The second-order valence-corrected chi connectivity index (χ2v) is 6.34. The van der Waals surface area contributed by atoms with Gasteiger partial charge in [0, 0.05) is 18.8 Å². The molecule has 9 heteroatoms. The number of rotatable bonds is 7. The van der Waals surface area contributed by atoms with Crippen molar-refractivity contribution >= 4 is 55.6 Å². The van der Waals surface area contributed by atoms with Gasteiger partial charge in [-0.05, 0) is 30.7 Å². The molecule has 0 aromatic carbocycles. The van der Waals surface area contributed by atoms with E-state index in [1.807, 2.05) is 42.2 Å². The van der Waals surface area contributed by atoms with Crippen LogP contribution in [0.25, 0.3) is 0 Å². The van der Waals surface area contributed by atoms with Crippen molar-refractivity contribution in [3.63, 3.8) is 0 Å². The molecule has 0 fully saturated rings. The minimum atomic E-state index is -0.0129. The molecule has 0 aliphatic carbocycles. The van der Waals surface area contributed by atoms with Gasteiger partial charge in [-0.2, -0.15) is 29.0 Å². The molecule has 126 valence electrons. The van der Waals surface area contributed by atoms with Crippen molar-refractivity contribution in [1.29, 1.82) is 0 Å². The average molecular weight is 464 g/mol. The number of allylic oxidation sites excluding steroid dienone is 1. The molecule has 1 rings (SSSR count). The van der Waals surface area contributed by atoms with Crippen LogP contribution in [0, 0.1) is 0 Å². The minimum absolute atomic E-state index is 0.0129. The first-order chi connectivity index (χ1) is 10.7. The van der Waals surface area contributed by atoms with Gasteiger partial charge in [-0.15, -0.1) is 0 Å². The van der Waals surface area contributed by atoms with Crippen LogP contribution in [0.2, 0.25) is 0 Å². The van der Waals surface area contributed by atoms with E-state index in [2.05, 4.69) is 5.32 Å². The first kappa shape index (κ1) is 24.8. The standard InChI is InChI=1S/C9H14N2OS.C4H10S3.O.Tc/c1-11-5-2-3-8(7-11)9(12)10-4-6-13;5-1-3-7-4-2-6;;/h2,5,7,13H,3-4,6H2,1H3,(H,10,12);5-6H,1-4H2;;/q;;;+3/p-3. The van der Waals surface area contributed by atoms with Crippen molar-refractivity contribution in [2.45, 2.75) is 6.42 Å². The van der Waals surface area contributed by atoms with Gasteiger partial charge in [0.2, 0.25) is 5.91 Å². The smallest absolute Gasteiger partial charge is 0.0287 e. The summed E-state index contributed by atoms with van der Waals surface area (Å²) in [6.45, 7) is 0.568. The van der Waals surface area contributed by atoms with Gasteiger partial charge in [-0.25, -0.2) is 0 Å². The molecule has 1 N–H and O–H groups in total. The zero-order chi connectivity index (χ0) is 17.2. The van der Waals surface area contributed by atoms with Crippen LogP contribution in [0.4, 0.5) is 0 Å². The summed E-state index contributed by atoms with van der Waals surface area (Å²) in [4.78, 5) is 13.3. The Morgan fingerprint density at radius 1 is 1.27 bits per heavy atom. The second-order valence-electron chi connectivity index (χ2n) is 3.89. The Bertz CT molecular complexity index is 340. The van der Waals surface area contributed by atoms with Gasteiger partial charge < -0.3 is 48.1 Å². The third-order valence-electron chi connectivity index (χ3n) is 2.17. The molecule has 0 radical (unpaired) electrons. The molecule has 0 saturated heterocycles. The van der Waals surface area contributed by atoms with Crippen molar-refractivity contribution in [2.75, 3.05) is 42.4 Å². The van der Waals surface area contributed by atoms with E-state index in [9.17, 15) is 4.79 Å². The fourth-order valence-corrected chi connectivity index (χ4v) is 2.59. The Balaban J connectivity index is 0. The van der Waals surface area contributed by atoms with E-state index in [1.54, 1.807) is 0 Å². The largest absolute Gasteiger partial charge is 0.792 e. The molecule has 4 nitrogen and oxygen atoms in total. The van der Waals surface area contributed by atoms with Crippen LogP contribution in [0.1, 0.15) is 6.42 Å².